The molecular weight excluding hydrogens is 350 g/mol. The summed E-state index contributed by atoms with van der Waals surface area (Å²) in [6, 6.07) is 11.9. The van der Waals surface area contributed by atoms with Crippen LogP contribution in [0.2, 0.25) is 0 Å². The van der Waals surface area contributed by atoms with E-state index in [-0.39, 0.29) is 11.6 Å². The van der Waals surface area contributed by atoms with Gasteiger partial charge in [-0.1, -0.05) is 0 Å². The standard InChI is InChI=1S/C19H18F2N6/c20-13-3-7-15(8-4-13)22-17-24-18(23-16-9-5-14(21)6-10-16)26-19(25-17)27-11-1-2-12-27/h3-10H,1-2,11-12H2,(H2,22,23,24,25,26). The Labute approximate surface area is 155 Å². The van der Waals surface area contributed by atoms with E-state index in [0.29, 0.717) is 29.2 Å². The highest BCUT2D eigenvalue weighted by atomic mass is 19.1. The fraction of sp³-hybridized carbons (Fsp3) is 0.211. The Balaban J connectivity index is 1.63. The molecule has 2 heterocycles. The maximum absolute atomic E-state index is 13.1. The largest absolute Gasteiger partial charge is 0.341 e. The smallest absolute Gasteiger partial charge is 0.233 e. The van der Waals surface area contributed by atoms with Gasteiger partial charge < -0.3 is 15.5 Å². The summed E-state index contributed by atoms with van der Waals surface area (Å²) >= 11 is 0. The predicted octanol–water partition coefficient (Wildman–Crippen LogP) is 4.24. The Bertz CT molecular complexity index is 843. The third-order valence-electron chi connectivity index (χ3n) is 4.21. The van der Waals surface area contributed by atoms with Crippen LogP contribution in [0.3, 0.4) is 0 Å². The van der Waals surface area contributed by atoms with E-state index in [4.69, 9.17) is 0 Å². The first-order chi connectivity index (χ1) is 13.2. The summed E-state index contributed by atoms with van der Waals surface area (Å²) in [6.45, 7) is 1.77. The minimum Gasteiger partial charge on any atom is -0.341 e. The maximum atomic E-state index is 13.1. The van der Waals surface area contributed by atoms with Crippen molar-refractivity contribution in [1.82, 2.24) is 15.0 Å². The summed E-state index contributed by atoms with van der Waals surface area (Å²) in [5.74, 6) is 0.642. The third-order valence-corrected chi connectivity index (χ3v) is 4.21. The SMILES string of the molecule is Fc1ccc(Nc2nc(Nc3ccc(F)cc3)nc(N3CCCC3)n2)cc1. The Morgan fingerprint density at radius 1 is 0.667 bits per heavy atom. The highest BCUT2D eigenvalue weighted by Crippen LogP contribution is 2.22. The molecule has 1 saturated heterocycles. The zero-order valence-corrected chi connectivity index (χ0v) is 14.5. The molecule has 138 valence electrons. The van der Waals surface area contributed by atoms with Crippen molar-refractivity contribution in [3.05, 3.63) is 60.2 Å². The van der Waals surface area contributed by atoms with Crippen molar-refractivity contribution in [3.8, 4) is 0 Å². The van der Waals surface area contributed by atoms with E-state index >= 15 is 0 Å². The molecule has 0 unspecified atom stereocenters. The van der Waals surface area contributed by atoms with E-state index in [1.807, 2.05) is 0 Å². The lowest BCUT2D eigenvalue weighted by molar-refractivity contribution is 0.627. The van der Waals surface area contributed by atoms with Gasteiger partial charge in [-0.3, -0.25) is 0 Å². The van der Waals surface area contributed by atoms with Crippen molar-refractivity contribution >= 4 is 29.2 Å². The van der Waals surface area contributed by atoms with Crippen LogP contribution >= 0.6 is 0 Å². The first-order valence-corrected chi connectivity index (χ1v) is 8.72. The first kappa shape index (κ1) is 17.1. The molecule has 1 aliphatic heterocycles. The number of nitrogens with zero attached hydrogens (tertiary/aromatic N) is 4. The van der Waals surface area contributed by atoms with Gasteiger partial charge in [0.05, 0.1) is 0 Å². The van der Waals surface area contributed by atoms with Crippen LogP contribution in [-0.2, 0) is 0 Å². The fourth-order valence-corrected chi connectivity index (χ4v) is 2.86. The molecule has 0 aliphatic carbocycles. The number of hydrogen-bond acceptors (Lipinski definition) is 6. The Morgan fingerprint density at radius 3 is 1.56 bits per heavy atom. The summed E-state index contributed by atoms with van der Waals surface area (Å²) in [5.41, 5.74) is 1.34. The summed E-state index contributed by atoms with van der Waals surface area (Å²) < 4.78 is 26.2. The van der Waals surface area contributed by atoms with Crippen molar-refractivity contribution in [3.63, 3.8) is 0 Å². The van der Waals surface area contributed by atoms with Crippen molar-refractivity contribution in [1.29, 1.82) is 0 Å². The number of rotatable bonds is 5. The second-order valence-corrected chi connectivity index (χ2v) is 6.24. The van der Waals surface area contributed by atoms with E-state index in [2.05, 4.69) is 30.5 Å². The number of anilines is 5. The number of nitrogens with one attached hydrogen (secondary N) is 2. The van der Waals surface area contributed by atoms with Crippen LogP contribution in [0.4, 0.5) is 38.0 Å². The predicted molar refractivity (Wildman–Crippen MR) is 101 cm³/mol. The Kier molecular flexibility index (Phi) is 4.78. The van der Waals surface area contributed by atoms with Crippen LogP contribution in [0.15, 0.2) is 48.5 Å². The van der Waals surface area contributed by atoms with Crippen LogP contribution in [0, 0.1) is 11.6 Å². The first-order valence-electron chi connectivity index (χ1n) is 8.72. The highest BCUT2D eigenvalue weighted by molar-refractivity contribution is 5.59. The molecule has 0 spiro atoms. The maximum Gasteiger partial charge on any atom is 0.233 e. The molecule has 0 saturated carbocycles. The Hall–Kier alpha value is -3.29. The number of benzene rings is 2. The van der Waals surface area contributed by atoms with Gasteiger partial charge in [-0.25, -0.2) is 8.78 Å². The molecule has 0 amide bonds. The molecule has 27 heavy (non-hydrogen) atoms. The van der Waals surface area contributed by atoms with Crippen LogP contribution in [0.25, 0.3) is 0 Å². The fourth-order valence-electron chi connectivity index (χ4n) is 2.86. The summed E-state index contributed by atoms with van der Waals surface area (Å²) in [7, 11) is 0. The van der Waals surface area contributed by atoms with E-state index in [9.17, 15) is 8.78 Å². The van der Waals surface area contributed by atoms with E-state index in [0.717, 1.165) is 25.9 Å². The van der Waals surface area contributed by atoms with Gasteiger partial charge in [-0.15, -0.1) is 0 Å². The van der Waals surface area contributed by atoms with Crippen LogP contribution in [0.5, 0.6) is 0 Å². The minimum absolute atomic E-state index is 0.312. The normalized spacial score (nSPS) is 13.6. The third kappa shape index (κ3) is 4.28. The summed E-state index contributed by atoms with van der Waals surface area (Å²) in [4.78, 5) is 15.4. The van der Waals surface area contributed by atoms with Crippen molar-refractivity contribution in [2.75, 3.05) is 28.6 Å². The zero-order valence-electron chi connectivity index (χ0n) is 14.5. The van der Waals surface area contributed by atoms with Crippen LogP contribution < -0.4 is 15.5 Å². The molecule has 3 aromatic rings. The van der Waals surface area contributed by atoms with Crippen LogP contribution in [-0.4, -0.2) is 28.0 Å². The molecule has 0 radical (unpaired) electrons. The topological polar surface area (TPSA) is 66.0 Å². The second kappa shape index (κ2) is 7.53. The van der Waals surface area contributed by atoms with Crippen molar-refractivity contribution < 1.29 is 8.78 Å². The van der Waals surface area contributed by atoms with Gasteiger partial charge in [0, 0.05) is 24.5 Å². The zero-order chi connectivity index (χ0) is 18.6. The van der Waals surface area contributed by atoms with Gasteiger partial charge in [0.15, 0.2) is 0 Å². The lowest BCUT2D eigenvalue weighted by Crippen LogP contribution is -2.21. The van der Waals surface area contributed by atoms with E-state index in [1.165, 1.54) is 24.3 Å². The average Bonchev–Trinajstić information content (AvgIpc) is 3.20. The van der Waals surface area contributed by atoms with Crippen molar-refractivity contribution in [2.45, 2.75) is 12.8 Å². The molecule has 6 nitrogen and oxygen atoms in total. The summed E-state index contributed by atoms with van der Waals surface area (Å²) in [5, 5.41) is 6.15. The van der Waals surface area contributed by atoms with Gasteiger partial charge in [-0.05, 0) is 61.4 Å². The number of hydrogen-bond donors (Lipinski definition) is 2. The van der Waals surface area contributed by atoms with Gasteiger partial charge in [0.1, 0.15) is 11.6 Å². The minimum atomic E-state index is -0.312. The highest BCUT2D eigenvalue weighted by Gasteiger charge is 2.17. The van der Waals surface area contributed by atoms with Crippen molar-refractivity contribution in [2.24, 2.45) is 0 Å². The van der Waals surface area contributed by atoms with Gasteiger partial charge in [0.2, 0.25) is 17.8 Å². The molecule has 0 bridgehead atoms. The van der Waals surface area contributed by atoms with Crippen LogP contribution in [0.1, 0.15) is 12.8 Å². The second-order valence-electron chi connectivity index (χ2n) is 6.24. The quantitative estimate of drug-likeness (QED) is 0.702. The molecule has 2 N–H and O–H groups in total. The average molecular weight is 368 g/mol. The number of aromatic nitrogens is 3. The lowest BCUT2D eigenvalue weighted by atomic mass is 10.3. The molecule has 8 heteroatoms. The molecule has 0 atom stereocenters. The Morgan fingerprint density at radius 2 is 1.11 bits per heavy atom. The van der Waals surface area contributed by atoms with E-state index in [1.54, 1.807) is 24.3 Å². The van der Waals surface area contributed by atoms with Gasteiger partial charge >= 0.3 is 0 Å². The molecule has 1 aliphatic rings. The molecule has 1 aromatic heterocycles. The monoisotopic (exact) mass is 368 g/mol. The molecule has 1 fully saturated rings. The van der Waals surface area contributed by atoms with Gasteiger partial charge in [0.25, 0.3) is 0 Å². The molecule has 2 aromatic carbocycles. The van der Waals surface area contributed by atoms with Gasteiger partial charge in [-0.2, -0.15) is 15.0 Å². The molecular formula is C19H18F2N6. The number of halogens is 2. The summed E-state index contributed by atoms with van der Waals surface area (Å²) in [6.07, 6.45) is 2.18. The van der Waals surface area contributed by atoms with E-state index < -0.39 is 0 Å². The lowest BCUT2D eigenvalue weighted by Gasteiger charge is -2.17. The molecule has 4 rings (SSSR count).